The lowest BCUT2D eigenvalue weighted by Crippen LogP contribution is -2.50. The molecule has 0 aliphatic carbocycles. The number of urea groups is 1. The Morgan fingerprint density at radius 1 is 1.25 bits per heavy atom. The average molecular weight is 281 g/mol. The molecular weight excluding hydrogens is 266 g/mol. The molecule has 0 saturated heterocycles. The molecule has 1 aromatic rings. The number of amides is 3. The highest BCUT2D eigenvalue weighted by molar-refractivity contribution is 5.82. The van der Waals surface area contributed by atoms with Gasteiger partial charge in [-0.05, 0) is 5.56 Å². The second kappa shape index (κ2) is 7.62. The molecule has 0 bridgehead atoms. The third-order valence-corrected chi connectivity index (χ3v) is 2.28. The minimum absolute atomic E-state index is 0.0632. The number of hydrogen-bond donors (Lipinski definition) is 4. The normalized spacial score (nSPS) is 11.2. The Morgan fingerprint density at radius 3 is 2.45 bits per heavy atom. The van der Waals surface area contributed by atoms with Crippen molar-refractivity contribution in [2.24, 2.45) is 5.73 Å². The van der Waals surface area contributed by atoms with E-state index in [1.807, 2.05) is 11.4 Å². The van der Waals surface area contributed by atoms with Gasteiger partial charge in [-0.3, -0.25) is 0 Å². The van der Waals surface area contributed by atoms with E-state index in [-0.39, 0.29) is 13.2 Å². The summed E-state index contributed by atoms with van der Waals surface area (Å²) >= 11 is 0. The summed E-state index contributed by atoms with van der Waals surface area (Å²) in [5.74, 6) is -1.31. The standard InChI is InChI=1S/C12H15N3O5/c13-11(18)15-9(10(16)17)6-14-12(19)20-7-8-4-2-1-3-5-8/h1-5,9H,6-7H2,(H,14,19)(H,16,17)(H3,13,15,18)/t9-/m1/s1. The van der Waals surface area contributed by atoms with Crippen molar-refractivity contribution in [3.05, 3.63) is 35.9 Å². The van der Waals surface area contributed by atoms with Crippen LogP contribution in [0.3, 0.4) is 0 Å². The number of carboxylic acids is 1. The van der Waals surface area contributed by atoms with E-state index < -0.39 is 24.1 Å². The second-order valence-electron chi connectivity index (χ2n) is 3.84. The number of hydrogen-bond acceptors (Lipinski definition) is 4. The predicted octanol–water partition coefficient (Wildman–Crippen LogP) is 0.0343. The molecule has 8 heteroatoms. The summed E-state index contributed by atoms with van der Waals surface area (Å²) in [6.07, 6.45) is -0.786. The van der Waals surface area contributed by atoms with Crippen LogP contribution in [-0.2, 0) is 16.1 Å². The molecule has 0 aromatic heterocycles. The first kappa shape index (κ1) is 15.3. The summed E-state index contributed by atoms with van der Waals surface area (Å²) in [4.78, 5) is 32.7. The highest BCUT2D eigenvalue weighted by Gasteiger charge is 2.19. The lowest BCUT2D eigenvalue weighted by molar-refractivity contribution is -0.139. The smallest absolute Gasteiger partial charge is 0.407 e. The summed E-state index contributed by atoms with van der Waals surface area (Å²) < 4.78 is 4.88. The Hall–Kier alpha value is -2.77. The third-order valence-electron chi connectivity index (χ3n) is 2.28. The number of ether oxygens (including phenoxy) is 1. The molecule has 0 radical (unpaired) electrons. The summed E-state index contributed by atoms with van der Waals surface area (Å²) in [6.45, 7) is -0.264. The maximum absolute atomic E-state index is 11.4. The minimum atomic E-state index is -1.31. The van der Waals surface area contributed by atoms with Crippen LogP contribution in [0.5, 0.6) is 0 Å². The van der Waals surface area contributed by atoms with E-state index in [2.05, 4.69) is 5.32 Å². The van der Waals surface area contributed by atoms with Gasteiger partial charge < -0.3 is 26.2 Å². The third kappa shape index (κ3) is 5.71. The van der Waals surface area contributed by atoms with Crippen molar-refractivity contribution in [3.63, 3.8) is 0 Å². The molecule has 0 spiro atoms. The molecule has 3 amide bonds. The van der Waals surface area contributed by atoms with E-state index in [1.54, 1.807) is 24.3 Å². The van der Waals surface area contributed by atoms with Gasteiger partial charge in [0.05, 0.1) is 6.54 Å². The number of nitrogens with two attached hydrogens (primary N) is 1. The largest absolute Gasteiger partial charge is 0.480 e. The zero-order valence-corrected chi connectivity index (χ0v) is 10.5. The van der Waals surface area contributed by atoms with Gasteiger partial charge in [0.2, 0.25) is 0 Å². The number of aliphatic carboxylic acids is 1. The van der Waals surface area contributed by atoms with Crippen molar-refractivity contribution >= 4 is 18.1 Å². The van der Waals surface area contributed by atoms with E-state index in [4.69, 9.17) is 15.6 Å². The van der Waals surface area contributed by atoms with E-state index in [9.17, 15) is 14.4 Å². The summed E-state index contributed by atoms with van der Waals surface area (Å²) in [7, 11) is 0. The van der Waals surface area contributed by atoms with Crippen molar-refractivity contribution in [2.45, 2.75) is 12.6 Å². The Bertz CT molecular complexity index is 477. The van der Waals surface area contributed by atoms with Crippen molar-refractivity contribution in [1.82, 2.24) is 10.6 Å². The van der Waals surface area contributed by atoms with E-state index in [1.165, 1.54) is 0 Å². The highest BCUT2D eigenvalue weighted by Crippen LogP contribution is 2.00. The van der Waals surface area contributed by atoms with Gasteiger partial charge in [-0.2, -0.15) is 0 Å². The maximum atomic E-state index is 11.4. The lowest BCUT2D eigenvalue weighted by Gasteiger charge is -2.13. The van der Waals surface area contributed by atoms with Crippen LogP contribution in [0.25, 0.3) is 0 Å². The van der Waals surface area contributed by atoms with Crippen LogP contribution in [-0.4, -0.2) is 35.8 Å². The topological polar surface area (TPSA) is 131 Å². The van der Waals surface area contributed by atoms with E-state index >= 15 is 0 Å². The fourth-order valence-electron chi connectivity index (χ4n) is 1.33. The molecule has 1 atom stereocenters. The number of nitrogens with one attached hydrogen (secondary N) is 2. The van der Waals surface area contributed by atoms with Gasteiger partial charge in [-0.1, -0.05) is 30.3 Å². The van der Waals surface area contributed by atoms with Gasteiger partial charge in [0, 0.05) is 0 Å². The van der Waals surface area contributed by atoms with Crippen LogP contribution in [0, 0.1) is 0 Å². The summed E-state index contributed by atoms with van der Waals surface area (Å²) in [5.41, 5.74) is 5.61. The van der Waals surface area contributed by atoms with Gasteiger partial charge in [0.1, 0.15) is 12.6 Å². The zero-order valence-electron chi connectivity index (χ0n) is 10.5. The lowest BCUT2D eigenvalue weighted by atomic mass is 10.2. The first-order valence-electron chi connectivity index (χ1n) is 5.72. The highest BCUT2D eigenvalue weighted by atomic mass is 16.5. The minimum Gasteiger partial charge on any atom is -0.480 e. The molecule has 1 aromatic carbocycles. The Kier molecular flexibility index (Phi) is 5.82. The van der Waals surface area contributed by atoms with Crippen molar-refractivity contribution in [3.8, 4) is 0 Å². The SMILES string of the molecule is NC(=O)N[C@H](CNC(=O)OCc1ccccc1)C(=O)O. The summed E-state index contributed by atoms with van der Waals surface area (Å²) in [5, 5.41) is 13.0. The monoisotopic (exact) mass is 281 g/mol. The van der Waals surface area contributed by atoms with Gasteiger partial charge >= 0.3 is 18.1 Å². The number of rotatable bonds is 6. The molecule has 8 nitrogen and oxygen atoms in total. The van der Waals surface area contributed by atoms with E-state index in [0.29, 0.717) is 0 Å². The first-order valence-corrected chi connectivity index (χ1v) is 5.72. The number of primary amides is 1. The van der Waals surface area contributed by atoms with Crippen LogP contribution < -0.4 is 16.4 Å². The summed E-state index contributed by atoms with van der Waals surface area (Å²) in [6, 6.07) is 6.69. The van der Waals surface area contributed by atoms with Crippen LogP contribution >= 0.6 is 0 Å². The molecule has 108 valence electrons. The van der Waals surface area contributed by atoms with Crippen molar-refractivity contribution in [2.75, 3.05) is 6.54 Å². The molecule has 1 rings (SSSR count). The maximum Gasteiger partial charge on any atom is 0.407 e. The van der Waals surface area contributed by atoms with Crippen LogP contribution in [0.1, 0.15) is 5.56 Å². The Balaban J connectivity index is 2.34. The molecular formula is C12H15N3O5. The fraction of sp³-hybridized carbons (Fsp3) is 0.250. The zero-order chi connectivity index (χ0) is 15.0. The number of carbonyl (C=O) groups is 3. The van der Waals surface area contributed by atoms with Crippen LogP contribution in [0.15, 0.2) is 30.3 Å². The molecule has 0 saturated carbocycles. The molecule has 0 fully saturated rings. The predicted molar refractivity (Wildman–Crippen MR) is 68.8 cm³/mol. The first-order chi connectivity index (χ1) is 9.49. The molecule has 0 unspecified atom stereocenters. The molecule has 0 heterocycles. The Labute approximate surface area is 114 Å². The number of benzene rings is 1. The number of carbonyl (C=O) groups excluding carboxylic acids is 2. The average Bonchev–Trinajstić information content (AvgIpc) is 2.41. The molecule has 20 heavy (non-hydrogen) atoms. The number of carboxylic acid groups (broad SMARTS) is 1. The van der Waals surface area contributed by atoms with Gasteiger partial charge in [-0.25, -0.2) is 14.4 Å². The van der Waals surface area contributed by atoms with Crippen molar-refractivity contribution < 1.29 is 24.2 Å². The van der Waals surface area contributed by atoms with E-state index in [0.717, 1.165) is 5.56 Å². The quantitative estimate of drug-likeness (QED) is 0.584. The van der Waals surface area contributed by atoms with Gasteiger partial charge in [-0.15, -0.1) is 0 Å². The van der Waals surface area contributed by atoms with Crippen LogP contribution in [0.2, 0.25) is 0 Å². The van der Waals surface area contributed by atoms with Gasteiger partial charge in [0.25, 0.3) is 0 Å². The Morgan fingerprint density at radius 2 is 1.90 bits per heavy atom. The number of alkyl carbamates (subject to hydrolysis) is 1. The van der Waals surface area contributed by atoms with Crippen LogP contribution in [0.4, 0.5) is 9.59 Å². The van der Waals surface area contributed by atoms with Gasteiger partial charge in [0.15, 0.2) is 0 Å². The molecule has 0 aliphatic rings. The van der Waals surface area contributed by atoms with Crippen molar-refractivity contribution in [1.29, 1.82) is 0 Å². The fourth-order valence-corrected chi connectivity index (χ4v) is 1.33. The molecule has 5 N–H and O–H groups in total. The second-order valence-corrected chi connectivity index (χ2v) is 3.84. The molecule has 0 aliphatic heterocycles.